The molecule has 7 nitrogen and oxygen atoms in total. The SMILES string of the molecule is CS(=O)(=O)CC1(CC(=O)N2CCCC(N3CCNCC3=O)C2)CC1. The zero-order valence-electron chi connectivity index (χ0n) is 14.3. The van der Waals surface area contributed by atoms with E-state index in [1.165, 1.54) is 6.26 Å². The number of piperazine rings is 1. The lowest BCUT2D eigenvalue weighted by atomic mass is 10.00. The Labute approximate surface area is 143 Å². The topological polar surface area (TPSA) is 86.8 Å². The molecular formula is C16H27N3O4S. The van der Waals surface area contributed by atoms with Crippen LogP contribution in [0.25, 0.3) is 0 Å². The number of likely N-dealkylation sites (tertiary alicyclic amines) is 1. The van der Waals surface area contributed by atoms with Crippen LogP contribution in [0.5, 0.6) is 0 Å². The number of hydrogen-bond donors (Lipinski definition) is 1. The Morgan fingerprint density at radius 3 is 2.71 bits per heavy atom. The maximum atomic E-state index is 12.7. The van der Waals surface area contributed by atoms with Gasteiger partial charge in [0.1, 0.15) is 9.84 Å². The Morgan fingerprint density at radius 2 is 2.08 bits per heavy atom. The van der Waals surface area contributed by atoms with E-state index in [1.807, 2.05) is 9.80 Å². The average molecular weight is 357 g/mol. The number of amides is 2. The third-order valence-corrected chi connectivity index (χ3v) is 6.50. The molecule has 2 saturated heterocycles. The third-order valence-electron chi connectivity index (χ3n) is 5.37. The monoisotopic (exact) mass is 357 g/mol. The van der Waals surface area contributed by atoms with Crippen LogP contribution in [0.4, 0.5) is 0 Å². The predicted molar refractivity (Wildman–Crippen MR) is 90.2 cm³/mol. The van der Waals surface area contributed by atoms with E-state index in [0.29, 0.717) is 32.6 Å². The van der Waals surface area contributed by atoms with Crippen LogP contribution in [-0.2, 0) is 19.4 Å². The summed E-state index contributed by atoms with van der Waals surface area (Å²) in [5, 5.41) is 3.07. The van der Waals surface area contributed by atoms with Crippen LogP contribution in [0.2, 0.25) is 0 Å². The third kappa shape index (κ3) is 4.27. The molecule has 0 aromatic rings. The van der Waals surface area contributed by atoms with Crippen LogP contribution in [0, 0.1) is 5.41 Å². The highest BCUT2D eigenvalue weighted by Gasteiger charge is 2.47. The highest BCUT2D eigenvalue weighted by atomic mass is 32.2. The lowest BCUT2D eigenvalue weighted by molar-refractivity contribution is -0.141. The van der Waals surface area contributed by atoms with Crippen LogP contribution in [0.1, 0.15) is 32.1 Å². The van der Waals surface area contributed by atoms with Gasteiger partial charge in [0.15, 0.2) is 0 Å². The highest BCUT2D eigenvalue weighted by molar-refractivity contribution is 7.90. The van der Waals surface area contributed by atoms with Gasteiger partial charge in [0.2, 0.25) is 11.8 Å². The Kier molecular flexibility index (Phi) is 4.88. The molecule has 1 N–H and O–H groups in total. The Morgan fingerprint density at radius 1 is 1.33 bits per heavy atom. The van der Waals surface area contributed by atoms with E-state index in [-0.39, 0.29) is 29.0 Å². The first-order valence-corrected chi connectivity index (χ1v) is 10.8. The van der Waals surface area contributed by atoms with Crippen molar-refractivity contribution in [1.29, 1.82) is 0 Å². The average Bonchev–Trinajstić information content (AvgIpc) is 3.24. The minimum atomic E-state index is -3.06. The van der Waals surface area contributed by atoms with Gasteiger partial charge in [-0.2, -0.15) is 0 Å². The van der Waals surface area contributed by atoms with Gasteiger partial charge in [-0.15, -0.1) is 0 Å². The molecule has 3 fully saturated rings. The second-order valence-corrected chi connectivity index (χ2v) is 9.79. The molecule has 24 heavy (non-hydrogen) atoms. The van der Waals surface area contributed by atoms with Gasteiger partial charge in [-0.3, -0.25) is 9.59 Å². The van der Waals surface area contributed by atoms with E-state index in [4.69, 9.17) is 0 Å². The molecule has 2 aliphatic heterocycles. The van der Waals surface area contributed by atoms with Crippen molar-refractivity contribution in [2.24, 2.45) is 5.41 Å². The molecule has 3 aliphatic rings. The van der Waals surface area contributed by atoms with Crippen molar-refractivity contribution in [3.63, 3.8) is 0 Å². The summed E-state index contributed by atoms with van der Waals surface area (Å²) in [4.78, 5) is 28.5. The fraction of sp³-hybridized carbons (Fsp3) is 0.875. The van der Waals surface area contributed by atoms with E-state index < -0.39 is 9.84 Å². The van der Waals surface area contributed by atoms with Crippen molar-refractivity contribution in [2.45, 2.75) is 38.1 Å². The summed E-state index contributed by atoms with van der Waals surface area (Å²) in [6, 6.07) is 0.0994. The maximum absolute atomic E-state index is 12.7. The Bertz CT molecular complexity index is 615. The molecule has 8 heteroatoms. The summed E-state index contributed by atoms with van der Waals surface area (Å²) >= 11 is 0. The van der Waals surface area contributed by atoms with E-state index >= 15 is 0 Å². The Balaban J connectivity index is 1.58. The van der Waals surface area contributed by atoms with Crippen LogP contribution < -0.4 is 5.32 Å². The lowest BCUT2D eigenvalue weighted by Gasteiger charge is -2.41. The van der Waals surface area contributed by atoms with Crippen molar-refractivity contribution in [1.82, 2.24) is 15.1 Å². The molecule has 136 valence electrons. The van der Waals surface area contributed by atoms with Crippen LogP contribution in [0.3, 0.4) is 0 Å². The molecular weight excluding hydrogens is 330 g/mol. The van der Waals surface area contributed by atoms with Crippen molar-refractivity contribution >= 4 is 21.7 Å². The smallest absolute Gasteiger partial charge is 0.236 e. The van der Waals surface area contributed by atoms with Crippen molar-refractivity contribution in [2.75, 3.05) is 44.7 Å². The van der Waals surface area contributed by atoms with Gasteiger partial charge in [0, 0.05) is 44.9 Å². The molecule has 0 aromatic heterocycles. The first-order valence-electron chi connectivity index (χ1n) is 8.74. The quantitative estimate of drug-likeness (QED) is 0.725. The van der Waals surface area contributed by atoms with E-state index in [2.05, 4.69) is 5.32 Å². The summed E-state index contributed by atoms with van der Waals surface area (Å²) in [5.41, 5.74) is -0.331. The van der Waals surface area contributed by atoms with Gasteiger partial charge >= 0.3 is 0 Å². The molecule has 0 spiro atoms. The number of sulfone groups is 1. The zero-order valence-corrected chi connectivity index (χ0v) is 15.1. The van der Waals surface area contributed by atoms with E-state index in [9.17, 15) is 18.0 Å². The fourth-order valence-corrected chi connectivity index (χ4v) is 5.48. The largest absolute Gasteiger partial charge is 0.341 e. The van der Waals surface area contributed by atoms with Crippen LogP contribution >= 0.6 is 0 Å². The molecule has 2 heterocycles. The molecule has 1 atom stereocenters. The number of nitrogens with one attached hydrogen (secondary N) is 1. The van der Waals surface area contributed by atoms with Gasteiger partial charge < -0.3 is 15.1 Å². The number of hydrogen-bond acceptors (Lipinski definition) is 5. The normalized spacial score (nSPS) is 27.2. The van der Waals surface area contributed by atoms with Gasteiger partial charge in [0.25, 0.3) is 0 Å². The number of carbonyl (C=O) groups is 2. The first-order chi connectivity index (χ1) is 11.3. The van der Waals surface area contributed by atoms with Crippen LogP contribution in [-0.4, -0.2) is 80.8 Å². The summed E-state index contributed by atoms with van der Waals surface area (Å²) in [5.74, 6) is 0.263. The molecule has 1 unspecified atom stereocenters. The summed E-state index contributed by atoms with van der Waals surface area (Å²) in [6.45, 7) is 3.17. The Hall–Kier alpha value is -1.15. The van der Waals surface area contributed by atoms with Gasteiger partial charge in [-0.05, 0) is 31.1 Å². The summed E-state index contributed by atoms with van der Waals surface area (Å²) in [6.07, 6.45) is 5.03. The molecule has 0 radical (unpaired) electrons. The minimum Gasteiger partial charge on any atom is -0.341 e. The molecule has 1 aliphatic carbocycles. The second-order valence-electron chi connectivity index (χ2n) is 7.65. The van der Waals surface area contributed by atoms with Crippen molar-refractivity contribution in [3.05, 3.63) is 0 Å². The second kappa shape index (κ2) is 6.63. The molecule has 2 amide bonds. The number of nitrogens with zero attached hydrogens (tertiary/aromatic N) is 2. The summed E-state index contributed by atoms with van der Waals surface area (Å²) < 4.78 is 23.1. The first kappa shape index (κ1) is 17.7. The van der Waals surface area contributed by atoms with Gasteiger partial charge in [-0.25, -0.2) is 8.42 Å². The number of rotatable bonds is 5. The van der Waals surface area contributed by atoms with Crippen LogP contribution in [0.15, 0.2) is 0 Å². The van der Waals surface area contributed by atoms with Gasteiger partial charge in [0.05, 0.1) is 12.3 Å². The van der Waals surface area contributed by atoms with Crippen molar-refractivity contribution < 1.29 is 18.0 Å². The fourth-order valence-electron chi connectivity index (χ4n) is 3.98. The predicted octanol–water partition coefficient (Wildman–Crippen LogP) is -0.376. The number of piperidine rings is 1. The molecule has 1 saturated carbocycles. The standard InChI is InChI=1S/C16H27N3O4S/c1-24(22,23)12-16(4-5-16)9-14(20)18-7-2-3-13(11-18)19-8-6-17-10-15(19)21/h13,17H,2-12H2,1H3. The lowest BCUT2D eigenvalue weighted by Crippen LogP contribution is -2.57. The van der Waals surface area contributed by atoms with Gasteiger partial charge in [-0.1, -0.05) is 0 Å². The van der Waals surface area contributed by atoms with E-state index in [1.54, 1.807) is 0 Å². The van der Waals surface area contributed by atoms with Crippen molar-refractivity contribution in [3.8, 4) is 0 Å². The zero-order chi connectivity index (χ0) is 17.4. The van der Waals surface area contributed by atoms with E-state index in [0.717, 1.165) is 32.2 Å². The molecule has 0 bridgehead atoms. The molecule has 0 aromatic carbocycles. The minimum absolute atomic E-state index is 0.0448. The maximum Gasteiger partial charge on any atom is 0.236 e. The summed E-state index contributed by atoms with van der Waals surface area (Å²) in [7, 11) is -3.06. The highest BCUT2D eigenvalue weighted by Crippen LogP contribution is 2.50. The number of carbonyl (C=O) groups excluding carboxylic acids is 2. The molecule has 3 rings (SSSR count).